The Morgan fingerprint density at radius 1 is 1.16 bits per heavy atom. The normalized spacial score (nSPS) is 12.5. The van der Waals surface area contributed by atoms with E-state index in [1.165, 1.54) is 4.31 Å². The maximum atomic E-state index is 11.9. The molecule has 0 atom stereocenters. The summed E-state index contributed by atoms with van der Waals surface area (Å²) in [6.45, 7) is 6.61. The van der Waals surface area contributed by atoms with Gasteiger partial charge in [-0.3, -0.25) is 0 Å². The van der Waals surface area contributed by atoms with Crippen molar-refractivity contribution >= 4 is 10.2 Å². The predicted molar refractivity (Wildman–Crippen MR) is 78.4 cm³/mol. The number of rotatable bonds is 12. The first-order valence-corrected chi connectivity index (χ1v) is 8.27. The monoisotopic (exact) mass is 295 g/mol. The molecule has 0 amide bonds. The molecule has 2 N–H and O–H groups in total. The minimum atomic E-state index is -3.33. The van der Waals surface area contributed by atoms with Crippen LogP contribution in [0.1, 0.15) is 33.1 Å². The highest BCUT2D eigenvalue weighted by atomic mass is 32.2. The molecule has 19 heavy (non-hydrogen) atoms. The van der Waals surface area contributed by atoms with Crippen molar-refractivity contribution in [3.8, 4) is 0 Å². The molecule has 7 heteroatoms. The van der Waals surface area contributed by atoms with Crippen LogP contribution in [0.2, 0.25) is 0 Å². The molecule has 0 aliphatic rings. The predicted octanol–water partition coefficient (Wildman–Crippen LogP) is 0.567. The van der Waals surface area contributed by atoms with Gasteiger partial charge in [0.15, 0.2) is 0 Å². The molecular formula is C12H29N3O3S. The summed E-state index contributed by atoms with van der Waals surface area (Å²) in [7, 11) is -0.0874. The molecule has 0 aliphatic carbocycles. The van der Waals surface area contributed by atoms with Crippen LogP contribution >= 0.6 is 0 Å². The first-order valence-electron chi connectivity index (χ1n) is 6.83. The summed E-state index contributed by atoms with van der Waals surface area (Å²) in [6.07, 6.45) is 2.45. The van der Waals surface area contributed by atoms with Crippen molar-refractivity contribution in [3.63, 3.8) is 0 Å². The van der Waals surface area contributed by atoms with Gasteiger partial charge in [-0.2, -0.15) is 12.7 Å². The second-order valence-corrected chi connectivity index (χ2v) is 6.75. The quantitative estimate of drug-likeness (QED) is 0.516. The molecule has 0 saturated carbocycles. The Morgan fingerprint density at radius 3 is 2.42 bits per heavy atom. The molecule has 6 nitrogen and oxygen atoms in total. The number of hydrogen-bond acceptors (Lipinski definition) is 4. The van der Waals surface area contributed by atoms with Crippen molar-refractivity contribution in [1.29, 1.82) is 0 Å². The van der Waals surface area contributed by atoms with Crippen molar-refractivity contribution in [1.82, 2.24) is 14.3 Å². The van der Waals surface area contributed by atoms with Gasteiger partial charge >= 0.3 is 0 Å². The highest BCUT2D eigenvalue weighted by Crippen LogP contribution is 1.97. The summed E-state index contributed by atoms with van der Waals surface area (Å²) in [5.41, 5.74) is 0. The summed E-state index contributed by atoms with van der Waals surface area (Å²) >= 11 is 0. The smallest absolute Gasteiger partial charge is 0.279 e. The minimum absolute atomic E-state index is 0.431. The summed E-state index contributed by atoms with van der Waals surface area (Å²) in [4.78, 5) is 0. The van der Waals surface area contributed by atoms with E-state index in [0.717, 1.165) is 25.8 Å². The molecule has 0 saturated heterocycles. The fourth-order valence-electron chi connectivity index (χ4n) is 1.50. The van der Waals surface area contributed by atoms with Crippen LogP contribution in [0.4, 0.5) is 0 Å². The van der Waals surface area contributed by atoms with E-state index in [1.54, 1.807) is 14.2 Å². The molecule has 0 aromatic rings. The fraction of sp³-hybridized carbons (Fsp3) is 1.00. The number of hydrogen-bond donors (Lipinski definition) is 2. The topological polar surface area (TPSA) is 70.7 Å². The van der Waals surface area contributed by atoms with Crippen molar-refractivity contribution in [3.05, 3.63) is 0 Å². The van der Waals surface area contributed by atoms with Crippen molar-refractivity contribution < 1.29 is 13.2 Å². The van der Waals surface area contributed by atoms with Crippen LogP contribution in [0, 0.1) is 0 Å². The zero-order valence-electron chi connectivity index (χ0n) is 12.6. The van der Waals surface area contributed by atoms with Gasteiger partial charge in [-0.05, 0) is 25.8 Å². The zero-order valence-corrected chi connectivity index (χ0v) is 13.4. The third-order valence-electron chi connectivity index (χ3n) is 2.67. The number of ether oxygens (including phenoxy) is 1. The largest absolute Gasteiger partial charge is 0.385 e. The average molecular weight is 295 g/mol. The number of methoxy groups -OCH3 is 1. The van der Waals surface area contributed by atoms with E-state index < -0.39 is 10.2 Å². The average Bonchev–Trinajstić information content (AvgIpc) is 2.33. The van der Waals surface area contributed by atoms with E-state index in [0.29, 0.717) is 25.7 Å². The Balaban J connectivity index is 3.78. The van der Waals surface area contributed by atoms with Gasteiger partial charge in [-0.15, -0.1) is 0 Å². The van der Waals surface area contributed by atoms with Gasteiger partial charge in [-0.1, -0.05) is 13.8 Å². The van der Waals surface area contributed by atoms with Crippen LogP contribution in [0.5, 0.6) is 0 Å². The first-order chi connectivity index (χ1) is 8.90. The lowest BCUT2D eigenvalue weighted by atomic mass is 10.3. The van der Waals surface area contributed by atoms with Crippen LogP contribution in [0.25, 0.3) is 0 Å². The third kappa shape index (κ3) is 10.3. The number of nitrogens with zero attached hydrogens (tertiary/aromatic N) is 1. The minimum Gasteiger partial charge on any atom is -0.385 e. The molecule has 0 aliphatic heterocycles. The number of unbranched alkanes of at least 4 members (excludes halogenated alkanes) is 1. The highest BCUT2D eigenvalue weighted by molar-refractivity contribution is 7.87. The summed E-state index contributed by atoms with van der Waals surface area (Å²) in [5, 5.41) is 3.26. The Kier molecular flexibility index (Phi) is 10.4. The van der Waals surface area contributed by atoms with Gasteiger partial charge in [0.2, 0.25) is 0 Å². The van der Waals surface area contributed by atoms with Gasteiger partial charge in [0.05, 0.1) is 0 Å². The van der Waals surface area contributed by atoms with Crippen LogP contribution in [0.15, 0.2) is 0 Å². The van der Waals surface area contributed by atoms with Crippen LogP contribution in [-0.2, 0) is 14.9 Å². The van der Waals surface area contributed by atoms with Crippen LogP contribution < -0.4 is 10.0 Å². The van der Waals surface area contributed by atoms with Crippen molar-refractivity contribution in [2.24, 2.45) is 0 Å². The Labute approximate surface area is 118 Å². The van der Waals surface area contributed by atoms with E-state index in [4.69, 9.17) is 4.74 Å². The highest BCUT2D eigenvalue weighted by Gasteiger charge is 2.15. The lowest BCUT2D eigenvalue weighted by molar-refractivity contribution is 0.193. The Hall–Kier alpha value is -0.210. The van der Waals surface area contributed by atoms with Crippen LogP contribution in [0.3, 0.4) is 0 Å². The molecule has 0 fully saturated rings. The second kappa shape index (κ2) is 10.6. The molecule has 0 spiro atoms. The molecule has 0 aromatic carbocycles. The molecule has 0 unspecified atom stereocenters. The van der Waals surface area contributed by atoms with Crippen molar-refractivity contribution in [2.75, 3.05) is 40.4 Å². The Bertz CT molecular complexity index is 307. The molecule has 0 radical (unpaired) electrons. The molecule has 0 rings (SSSR count). The van der Waals surface area contributed by atoms with Gasteiger partial charge in [0.1, 0.15) is 0 Å². The van der Waals surface area contributed by atoms with E-state index in [2.05, 4.69) is 23.9 Å². The van der Waals surface area contributed by atoms with E-state index in [9.17, 15) is 8.42 Å². The van der Waals surface area contributed by atoms with E-state index in [1.807, 2.05) is 0 Å². The summed E-state index contributed by atoms with van der Waals surface area (Å²) in [6, 6.07) is 0.431. The Morgan fingerprint density at radius 2 is 1.84 bits per heavy atom. The van der Waals surface area contributed by atoms with Gasteiger partial charge in [0, 0.05) is 39.9 Å². The standard InChI is InChI=1S/C12H29N3O3S/c1-12(2)13-8-7-10-15(3)19(16,17)14-9-5-6-11-18-4/h12-14H,5-11H2,1-4H3. The maximum absolute atomic E-state index is 11.9. The van der Waals surface area contributed by atoms with Crippen LogP contribution in [-0.4, -0.2) is 59.2 Å². The van der Waals surface area contributed by atoms with E-state index in [-0.39, 0.29) is 0 Å². The molecule has 0 bridgehead atoms. The second-order valence-electron chi connectivity index (χ2n) is 4.88. The summed E-state index contributed by atoms with van der Waals surface area (Å²) < 4.78 is 32.6. The SMILES string of the molecule is COCCCCNS(=O)(=O)N(C)CCCNC(C)C. The number of nitrogens with one attached hydrogen (secondary N) is 2. The molecule has 0 heterocycles. The fourth-order valence-corrected chi connectivity index (χ4v) is 2.49. The molecule has 116 valence electrons. The molecule has 0 aromatic heterocycles. The zero-order chi connectivity index (χ0) is 14.7. The maximum Gasteiger partial charge on any atom is 0.279 e. The lowest BCUT2D eigenvalue weighted by Gasteiger charge is -2.18. The van der Waals surface area contributed by atoms with Gasteiger partial charge in [-0.25, -0.2) is 4.72 Å². The first kappa shape index (κ1) is 18.8. The van der Waals surface area contributed by atoms with Gasteiger partial charge < -0.3 is 10.1 Å². The van der Waals surface area contributed by atoms with E-state index >= 15 is 0 Å². The summed E-state index contributed by atoms with van der Waals surface area (Å²) in [5.74, 6) is 0. The third-order valence-corrected chi connectivity index (χ3v) is 4.24. The van der Waals surface area contributed by atoms with Crippen molar-refractivity contribution in [2.45, 2.75) is 39.2 Å². The molecular weight excluding hydrogens is 266 g/mol. The van der Waals surface area contributed by atoms with Gasteiger partial charge in [0.25, 0.3) is 10.2 Å². The lowest BCUT2D eigenvalue weighted by Crippen LogP contribution is -2.40.